The van der Waals surface area contributed by atoms with E-state index in [0.717, 1.165) is 4.90 Å². The number of amides is 2. The van der Waals surface area contributed by atoms with Gasteiger partial charge >= 0.3 is 0 Å². The van der Waals surface area contributed by atoms with Crippen LogP contribution in [0.25, 0.3) is 0 Å². The summed E-state index contributed by atoms with van der Waals surface area (Å²) < 4.78 is 0. The standard InChI is InChI=1S/C15H12N2O3/c18-9-12(10-5-2-1-3-6-10)17-14(19)11-7-4-8-16-13(11)15(17)20/h1-8,12,18H,9H2/t12-/m0/s1. The fourth-order valence-electron chi connectivity index (χ4n) is 2.38. The first-order valence-corrected chi connectivity index (χ1v) is 6.22. The Bertz CT molecular complexity index is 635. The van der Waals surface area contributed by atoms with Crippen LogP contribution in [0, 0.1) is 0 Å². The number of aliphatic hydroxyl groups excluding tert-OH is 1. The van der Waals surface area contributed by atoms with Crippen molar-refractivity contribution < 1.29 is 14.7 Å². The molecule has 1 aromatic heterocycles. The summed E-state index contributed by atoms with van der Waals surface area (Å²) in [6.45, 7) is -0.324. The molecule has 0 aliphatic carbocycles. The average Bonchev–Trinajstić information content (AvgIpc) is 2.75. The molecular weight excluding hydrogens is 256 g/mol. The molecule has 20 heavy (non-hydrogen) atoms. The van der Waals surface area contributed by atoms with E-state index >= 15 is 0 Å². The van der Waals surface area contributed by atoms with Gasteiger partial charge in [0.25, 0.3) is 11.8 Å². The smallest absolute Gasteiger partial charge is 0.280 e. The van der Waals surface area contributed by atoms with Gasteiger partial charge in [0.05, 0.1) is 18.2 Å². The van der Waals surface area contributed by atoms with Crippen molar-refractivity contribution in [2.45, 2.75) is 6.04 Å². The van der Waals surface area contributed by atoms with Crippen LogP contribution in [0.15, 0.2) is 48.7 Å². The maximum Gasteiger partial charge on any atom is 0.280 e. The highest BCUT2D eigenvalue weighted by Gasteiger charge is 2.41. The molecule has 0 fully saturated rings. The fourth-order valence-corrected chi connectivity index (χ4v) is 2.38. The van der Waals surface area contributed by atoms with Crippen LogP contribution in [0.4, 0.5) is 0 Å². The molecular formula is C15H12N2O3. The van der Waals surface area contributed by atoms with E-state index in [1.54, 1.807) is 36.4 Å². The number of fused-ring (bicyclic) bond motifs is 1. The minimum Gasteiger partial charge on any atom is -0.394 e. The zero-order chi connectivity index (χ0) is 14.1. The molecule has 1 aliphatic rings. The first-order valence-electron chi connectivity index (χ1n) is 6.22. The molecule has 1 aromatic carbocycles. The first-order chi connectivity index (χ1) is 9.74. The average molecular weight is 268 g/mol. The van der Waals surface area contributed by atoms with Gasteiger partial charge in [0.1, 0.15) is 5.69 Å². The van der Waals surface area contributed by atoms with Crippen molar-refractivity contribution in [3.63, 3.8) is 0 Å². The number of imide groups is 1. The highest BCUT2D eigenvalue weighted by molar-refractivity contribution is 6.20. The summed E-state index contributed by atoms with van der Waals surface area (Å²) in [6, 6.07) is 11.5. The van der Waals surface area contributed by atoms with Crippen molar-refractivity contribution in [3.8, 4) is 0 Å². The maximum atomic E-state index is 12.3. The van der Waals surface area contributed by atoms with Gasteiger partial charge in [0.15, 0.2) is 0 Å². The summed E-state index contributed by atoms with van der Waals surface area (Å²) >= 11 is 0. The second-order valence-corrected chi connectivity index (χ2v) is 4.49. The molecule has 0 radical (unpaired) electrons. The Balaban J connectivity index is 2.03. The van der Waals surface area contributed by atoms with Crippen LogP contribution in [0.3, 0.4) is 0 Å². The van der Waals surface area contributed by atoms with E-state index in [1.807, 2.05) is 6.07 Å². The Labute approximate surface area is 115 Å². The second kappa shape index (κ2) is 4.86. The van der Waals surface area contributed by atoms with Crippen molar-refractivity contribution in [2.75, 3.05) is 6.61 Å². The van der Waals surface area contributed by atoms with E-state index in [-0.39, 0.29) is 17.9 Å². The van der Waals surface area contributed by atoms with Crippen LogP contribution in [0.2, 0.25) is 0 Å². The SMILES string of the molecule is O=C1c2cccnc2C(=O)N1[C@@H](CO)c1ccccc1. The van der Waals surface area contributed by atoms with Crippen LogP contribution < -0.4 is 0 Å². The Morgan fingerprint density at radius 2 is 1.80 bits per heavy atom. The van der Waals surface area contributed by atoms with Gasteiger partial charge in [-0.15, -0.1) is 0 Å². The second-order valence-electron chi connectivity index (χ2n) is 4.49. The van der Waals surface area contributed by atoms with Crippen LogP contribution in [0.5, 0.6) is 0 Å². The van der Waals surface area contributed by atoms with Crippen molar-refractivity contribution in [3.05, 3.63) is 65.5 Å². The molecule has 2 amide bonds. The minimum absolute atomic E-state index is 0.145. The van der Waals surface area contributed by atoms with Crippen molar-refractivity contribution in [2.24, 2.45) is 0 Å². The summed E-state index contributed by atoms with van der Waals surface area (Å²) in [5.41, 5.74) is 1.14. The van der Waals surface area contributed by atoms with Gasteiger partial charge in [-0.1, -0.05) is 30.3 Å². The summed E-state index contributed by atoms with van der Waals surface area (Å²) in [5, 5.41) is 9.59. The molecule has 1 N–H and O–H groups in total. The number of carbonyl (C=O) groups excluding carboxylic acids is 2. The molecule has 0 bridgehead atoms. The van der Waals surface area contributed by atoms with Gasteiger partial charge in [-0.2, -0.15) is 0 Å². The molecule has 0 saturated heterocycles. The Hall–Kier alpha value is -2.53. The predicted molar refractivity (Wildman–Crippen MR) is 71.0 cm³/mol. The number of rotatable bonds is 3. The molecule has 0 saturated carbocycles. The van der Waals surface area contributed by atoms with Crippen molar-refractivity contribution >= 4 is 11.8 Å². The number of pyridine rings is 1. The summed E-state index contributed by atoms with van der Waals surface area (Å²) in [5.74, 6) is -0.880. The lowest BCUT2D eigenvalue weighted by Crippen LogP contribution is -2.36. The summed E-state index contributed by atoms with van der Waals surface area (Å²) in [4.78, 5) is 29.7. The van der Waals surface area contributed by atoms with Gasteiger partial charge in [-0.25, -0.2) is 0 Å². The predicted octanol–water partition coefficient (Wildman–Crippen LogP) is 1.41. The van der Waals surface area contributed by atoms with E-state index in [2.05, 4.69) is 4.98 Å². The zero-order valence-corrected chi connectivity index (χ0v) is 10.6. The van der Waals surface area contributed by atoms with E-state index in [1.165, 1.54) is 6.20 Å². The number of carbonyl (C=O) groups is 2. The molecule has 5 heteroatoms. The number of hydrogen-bond acceptors (Lipinski definition) is 4. The largest absolute Gasteiger partial charge is 0.394 e. The summed E-state index contributed by atoms with van der Waals surface area (Å²) in [7, 11) is 0. The molecule has 0 unspecified atom stereocenters. The lowest BCUT2D eigenvalue weighted by atomic mass is 10.1. The van der Waals surface area contributed by atoms with E-state index in [4.69, 9.17) is 0 Å². The summed E-state index contributed by atoms with van der Waals surface area (Å²) in [6.07, 6.45) is 1.48. The Kier molecular flexibility index (Phi) is 3.04. The third kappa shape index (κ3) is 1.80. The third-order valence-corrected chi connectivity index (χ3v) is 3.35. The molecule has 5 nitrogen and oxygen atoms in total. The van der Waals surface area contributed by atoms with Crippen LogP contribution in [-0.4, -0.2) is 33.4 Å². The monoisotopic (exact) mass is 268 g/mol. The Morgan fingerprint density at radius 3 is 2.45 bits per heavy atom. The molecule has 2 aromatic rings. The number of aromatic nitrogens is 1. The van der Waals surface area contributed by atoms with Gasteiger partial charge in [0, 0.05) is 6.20 Å². The van der Waals surface area contributed by atoms with Gasteiger partial charge in [-0.05, 0) is 17.7 Å². The van der Waals surface area contributed by atoms with Crippen LogP contribution >= 0.6 is 0 Å². The first kappa shape index (κ1) is 12.5. The lowest BCUT2D eigenvalue weighted by molar-refractivity contribution is 0.0512. The van der Waals surface area contributed by atoms with Crippen LogP contribution in [0.1, 0.15) is 32.5 Å². The number of benzene rings is 1. The highest BCUT2D eigenvalue weighted by atomic mass is 16.3. The molecule has 1 atom stereocenters. The molecule has 0 spiro atoms. The van der Waals surface area contributed by atoms with Gasteiger partial charge < -0.3 is 5.11 Å². The molecule has 2 heterocycles. The van der Waals surface area contributed by atoms with Gasteiger partial charge in [0.2, 0.25) is 0 Å². The quantitative estimate of drug-likeness (QED) is 0.854. The number of hydrogen-bond donors (Lipinski definition) is 1. The van der Waals surface area contributed by atoms with Crippen LogP contribution in [-0.2, 0) is 0 Å². The topological polar surface area (TPSA) is 70.5 Å². The van der Waals surface area contributed by atoms with Crippen molar-refractivity contribution in [1.82, 2.24) is 9.88 Å². The molecule has 3 rings (SSSR count). The fraction of sp³-hybridized carbons (Fsp3) is 0.133. The number of nitrogens with zero attached hydrogens (tertiary/aromatic N) is 2. The van der Waals surface area contributed by atoms with Gasteiger partial charge in [-0.3, -0.25) is 19.5 Å². The Morgan fingerprint density at radius 1 is 1.05 bits per heavy atom. The highest BCUT2D eigenvalue weighted by Crippen LogP contribution is 2.29. The van der Waals surface area contributed by atoms with E-state index in [0.29, 0.717) is 5.56 Å². The van der Waals surface area contributed by atoms with E-state index < -0.39 is 17.9 Å². The third-order valence-electron chi connectivity index (χ3n) is 3.35. The maximum absolute atomic E-state index is 12.3. The zero-order valence-electron chi connectivity index (χ0n) is 10.6. The van der Waals surface area contributed by atoms with E-state index in [9.17, 15) is 14.7 Å². The van der Waals surface area contributed by atoms with Crippen molar-refractivity contribution in [1.29, 1.82) is 0 Å². The normalized spacial score (nSPS) is 15.3. The lowest BCUT2D eigenvalue weighted by Gasteiger charge is -2.24. The number of aliphatic hydroxyl groups is 1. The molecule has 100 valence electrons. The minimum atomic E-state index is -0.689. The molecule has 1 aliphatic heterocycles.